The van der Waals surface area contributed by atoms with E-state index in [1.165, 1.54) is 6.20 Å². The number of hydrogen-bond acceptors (Lipinski definition) is 5. The van der Waals surface area contributed by atoms with Crippen LogP contribution in [-0.2, 0) is 0 Å². The lowest BCUT2D eigenvalue weighted by Gasteiger charge is -2.13. The topological polar surface area (TPSA) is 83.6 Å². The Morgan fingerprint density at radius 1 is 1.30 bits per heavy atom. The highest BCUT2D eigenvalue weighted by atomic mass is 16.1. The summed E-state index contributed by atoms with van der Waals surface area (Å²) in [6.07, 6.45) is 5.71. The first-order valence-electron chi connectivity index (χ1n) is 7.21. The molecule has 0 bridgehead atoms. The molecule has 3 heterocycles. The molecule has 0 aromatic carbocycles. The zero-order valence-electron chi connectivity index (χ0n) is 12.8. The molecule has 0 atom stereocenters. The van der Waals surface area contributed by atoms with Crippen LogP contribution in [0.4, 0.5) is 5.69 Å². The van der Waals surface area contributed by atoms with Crippen LogP contribution in [-0.4, -0.2) is 26.9 Å². The van der Waals surface area contributed by atoms with Gasteiger partial charge in [0.25, 0.3) is 0 Å². The molecule has 0 saturated heterocycles. The molecule has 0 aliphatic heterocycles. The normalized spacial score (nSPS) is 10.7. The van der Waals surface area contributed by atoms with Crippen LogP contribution in [0, 0.1) is 11.3 Å². The molecule has 3 aromatic rings. The molecule has 0 fully saturated rings. The summed E-state index contributed by atoms with van der Waals surface area (Å²) in [6, 6.07) is 7.76. The number of nitrogens with one attached hydrogen (secondary N) is 1. The maximum atomic E-state index is 11.2. The molecule has 0 aliphatic rings. The summed E-state index contributed by atoms with van der Waals surface area (Å²) in [5.74, 6) is 0.658. The lowest BCUT2D eigenvalue weighted by Crippen LogP contribution is -2.12. The summed E-state index contributed by atoms with van der Waals surface area (Å²) in [4.78, 5) is 19.8. The molecule has 6 nitrogen and oxygen atoms in total. The van der Waals surface area contributed by atoms with Crippen molar-refractivity contribution in [1.82, 2.24) is 14.5 Å². The average Bonchev–Trinajstić information content (AvgIpc) is 2.97. The van der Waals surface area contributed by atoms with Crippen LogP contribution in [0.2, 0.25) is 0 Å². The minimum absolute atomic E-state index is 0.196. The monoisotopic (exact) mass is 305 g/mol. The van der Waals surface area contributed by atoms with Crippen LogP contribution in [0.5, 0.6) is 0 Å². The van der Waals surface area contributed by atoms with Crippen molar-refractivity contribution in [3.05, 3.63) is 47.9 Å². The summed E-state index contributed by atoms with van der Waals surface area (Å²) >= 11 is 0. The Kier molecular flexibility index (Phi) is 3.77. The quantitative estimate of drug-likeness (QED) is 0.749. The number of nitriles is 1. The highest BCUT2D eigenvalue weighted by Gasteiger charge is 2.10. The van der Waals surface area contributed by atoms with E-state index in [1.807, 2.05) is 36.7 Å². The number of aldehydes is 1. The molecule has 3 aromatic heterocycles. The molecule has 114 valence electrons. The number of hydrogen-bond donors (Lipinski definition) is 1. The van der Waals surface area contributed by atoms with Gasteiger partial charge in [-0.15, -0.1) is 0 Å². The van der Waals surface area contributed by atoms with E-state index in [9.17, 15) is 4.79 Å². The second kappa shape index (κ2) is 5.89. The largest absolute Gasteiger partial charge is 0.382 e. The minimum Gasteiger partial charge on any atom is -0.382 e. The van der Waals surface area contributed by atoms with Crippen molar-refractivity contribution in [2.24, 2.45) is 0 Å². The lowest BCUT2D eigenvalue weighted by molar-refractivity contribution is 0.112. The molecule has 0 aliphatic carbocycles. The summed E-state index contributed by atoms with van der Waals surface area (Å²) in [7, 11) is 0. The number of pyridine rings is 2. The molecular formula is C17H15N5O. The first-order valence-corrected chi connectivity index (χ1v) is 7.21. The molecule has 1 N–H and O–H groups in total. The van der Waals surface area contributed by atoms with E-state index in [4.69, 9.17) is 5.26 Å². The lowest BCUT2D eigenvalue weighted by atomic mass is 10.2. The fraction of sp³-hybridized carbons (Fsp3) is 0.176. The van der Waals surface area contributed by atoms with Crippen LogP contribution in [0.3, 0.4) is 0 Å². The van der Waals surface area contributed by atoms with Gasteiger partial charge in [-0.05, 0) is 26.0 Å². The smallest absolute Gasteiger partial charge is 0.153 e. The SMILES string of the molecule is CC(C)Nc1cc(-n2ccc3cc(C#N)cnc32)ncc1C=O. The molecular weight excluding hydrogens is 290 g/mol. The molecule has 0 unspecified atom stereocenters. The fourth-order valence-electron chi connectivity index (χ4n) is 2.39. The number of aromatic nitrogens is 3. The molecule has 0 amide bonds. The van der Waals surface area contributed by atoms with Gasteiger partial charge in [0.1, 0.15) is 17.5 Å². The van der Waals surface area contributed by atoms with Crippen molar-refractivity contribution in [1.29, 1.82) is 5.26 Å². The maximum Gasteiger partial charge on any atom is 0.153 e. The third-order valence-corrected chi connectivity index (χ3v) is 3.39. The first kappa shape index (κ1) is 14.7. The van der Waals surface area contributed by atoms with Gasteiger partial charge < -0.3 is 5.32 Å². The third kappa shape index (κ3) is 2.77. The van der Waals surface area contributed by atoms with Gasteiger partial charge >= 0.3 is 0 Å². The fourth-order valence-corrected chi connectivity index (χ4v) is 2.39. The number of rotatable bonds is 4. The van der Waals surface area contributed by atoms with Crippen LogP contribution in [0.15, 0.2) is 36.8 Å². The Labute approximate surface area is 133 Å². The number of anilines is 1. The van der Waals surface area contributed by atoms with Crippen molar-refractivity contribution in [2.45, 2.75) is 19.9 Å². The Bertz CT molecular complexity index is 920. The second-order valence-corrected chi connectivity index (χ2v) is 5.48. The third-order valence-electron chi connectivity index (χ3n) is 3.39. The molecule has 3 rings (SSSR count). The standard InChI is InChI=1S/C17H15N5O/c1-11(2)21-15-6-16(19-9-14(15)10-23)22-4-3-13-5-12(7-18)8-20-17(13)22/h3-6,8-11H,1-2H3,(H,19,21). The summed E-state index contributed by atoms with van der Waals surface area (Å²) < 4.78 is 1.83. The van der Waals surface area contributed by atoms with Gasteiger partial charge in [-0.1, -0.05) is 0 Å². The Morgan fingerprint density at radius 2 is 2.13 bits per heavy atom. The van der Waals surface area contributed by atoms with Crippen molar-refractivity contribution < 1.29 is 4.79 Å². The van der Waals surface area contributed by atoms with E-state index >= 15 is 0 Å². The summed E-state index contributed by atoms with van der Waals surface area (Å²) in [5.41, 5.74) is 2.47. The Balaban J connectivity index is 2.11. The van der Waals surface area contributed by atoms with Gasteiger partial charge in [-0.3, -0.25) is 9.36 Å². The van der Waals surface area contributed by atoms with E-state index in [-0.39, 0.29) is 6.04 Å². The van der Waals surface area contributed by atoms with Gasteiger partial charge in [-0.2, -0.15) is 5.26 Å². The van der Waals surface area contributed by atoms with E-state index < -0.39 is 0 Å². The van der Waals surface area contributed by atoms with Gasteiger partial charge in [-0.25, -0.2) is 9.97 Å². The Morgan fingerprint density at radius 3 is 2.83 bits per heavy atom. The highest BCUT2D eigenvalue weighted by Crippen LogP contribution is 2.22. The van der Waals surface area contributed by atoms with Crippen LogP contribution >= 0.6 is 0 Å². The average molecular weight is 305 g/mol. The number of carbonyl (C=O) groups excluding carboxylic acids is 1. The predicted molar refractivity (Wildman–Crippen MR) is 87.7 cm³/mol. The van der Waals surface area contributed by atoms with Crippen LogP contribution in [0.25, 0.3) is 16.9 Å². The summed E-state index contributed by atoms with van der Waals surface area (Å²) in [6.45, 7) is 4.01. The number of carbonyl (C=O) groups is 1. The van der Waals surface area contributed by atoms with E-state index in [1.54, 1.807) is 12.3 Å². The van der Waals surface area contributed by atoms with E-state index in [0.717, 1.165) is 17.4 Å². The van der Waals surface area contributed by atoms with Crippen LogP contribution in [0.1, 0.15) is 29.8 Å². The van der Waals surface area contributed by atoms with Crippen molar-refractivity contribution in [3.8, 4) is 11.9 Å². The van der Waals surface area contributed by atoms with Gasteiger partial charge in [0, 0.05) is 36.1 Å². The van der Waals surface area contributed by atoms with Crippen molar-refractivity contribution in [2.75, 3.05) is 5.32 Å². The van der Waals surface area contributed by atoms with Crippen LogP contribution < -0.4 is 5.32 Å². The van der Waals surface area contributed by atoms with E-state index in [2.05, 4.69) is 21.4 Å². The van der Waals surface area contributed by atoms with Gasteiger partial charge in [0.05, 0.1) is 16.8 Å². The molecule has 6 heteroatoms. The zero-order valence-corrected chi connectivity index (χ0v) is 12.8. The molecule has 0 radical (unpaired) electrons. The van der Waals surface area contributed by atoms with Crippen molar-refractivity contribution in [3.63, 3.8) is 0 Å². The predicted octanol–water partition coefficient (Wildman–Crippen LogP) is 2.92. The van der Waals surface area contributed by atoms with Gasteiger partial charge in [0.15, 0.2) is 6.29 Å². The minimum atomic E-state index is 0.196. The molecule has 0 spiro atoms. The van der Waals surface area contributed by atoms with E-state index in [0.29, 0.717) is 22.6 Å². The molecule has 0 saturated carbocycles. The van der Waals surface area contributed by atoms with Gasteiger partial charge in [0.2, 0.25) is 0 Å². The first-order chi connectivity index (χ1) is 11.1. The zero-order chi connectivity index (χ0) is 16.4. The Hall–Kier alpha value is -3.20. The number of nitrogens with zero attached hydrogens (tertiary/aromatic N) is 4. The number of fused-ring (bicyclic) bond motifs is 1. The summed E-state index contributed by atoms with van der Waals surface area (Å²) in [5, 5.41) is 13.1. The van der Waals surface area contributed by atoms with Crippen molar-refractivity contribution >= 4 is 23.0 Å². The highest BCUT2D eigenvalue weighted by molar-refractivity contribution is 5.85. The maximum absolute atomic E-state index is 11.2. The second-order valence-electron chi connectivity index (χ2n) is 5.48. The molecule has 23 heavy (non-hydrogen) atoms.